The molecule has 0 bridgehead atoms. The normalized spacial score (nSPS) is 15.0. The van der Waals surface area contributed by atoms with Crippen LogP contribution in [0.3, 0.4) is 0 Å². The lowest BCUT2D eigenvalue weighted by Crippen LogP contribution is -2.34. The first-order chi connectivity index (χ1) is 21.5. The smallest absolute Gasteiger partial charge is 0.421 e. The SMILES string of the molecule is Cc1cc(C)c(OC(=O)N(Cc2cc(Cl)cc(Cl)c2)c2ccnc(Nc3ccc(OCC4CCCN(C)C4)c(F)c3)n2)c(C)c1. The quantitative estimate of drug-likeness (QED) is 0.194. The second-order valence-corrected chi connectivity index (χ2v) is 12.4. The molecule has 1 N–H and O–H groups in total. The van der Waals surface area contributed by atoms with E-state index in [9.17, 15) is 9.18 Å². The highest BCUT2D eigenvalue weighted by Gasteiger charge is 2.23. The number of amides is 1. The Morgan fingerprint density at radius 2 is 1.80 bits per heavy atom. The van der Waals surface area contributed by atoms with Crippen molar-refractivity contribution in [2.24, 2.45) is 5.92 Å². The zero-order valence-electron chi connectivity index (χ0n) is 25.7. The molecule has 1 aliphatic heterocycles. The number of rotatable bonds is 9. The number of halogens is 3. The average Bonchev–Trinajstić information content (AvgIpc) is 2.97. The highest BCUT2D eigenvalue weighted by Crippen LogP contribution is 2.29. The van der Waals surface area contributed by atoms with Gasteiger partial charge in [-0.3, -0.25) is 4.90 Å². The first-order valence-corrected chi connectivity index (χ1v) is 15.5. The van der Waals surface area contributed by atoms with Gasteiger partial charge in [-0.15, -0.1) is 0 Å². The Kier molecular flexibility index (Phi) is 10.4. The van der Waals surface area contributed by atoms with E-state index in [0.29, 0.717) is 39.6 Å². The van der Waals surface area contributed by atoms with Crippen molar-refractivity contribution in [3.05, 3.63) is 98.9 Å². The number of aryl methyl sites for hydroxylation is 3. The van der Waals surface area contributed by atoms with Gasteiger partial charge in [0, 0.05) is 40.5 Å². The lowest BCUT2D eigenvalue weighted by molar-refractivity contribution is 0.147. The van der Waals surface area contributed by atoms with E-state index in [2.05, 4.69) is 27.2 Å². The van der Waals surface area contributed by atoms with Crippen LogP contribution in [0, 0.1) is 32.5 Å². The van der Waals surface area contributed by atoms with E-state index in [1.807, 2.05) is 32.9 Å². The number of ether oxygens (including phenoxy) is 2. The molecule has 5 rings (SSSR count). The summed E-state index contributed by atoms with van der Waals surface area (Å²) in [5.74, 6) is 0.963. The molecule has 8 nitrogen and oxygen atoms in total. The molecule has 2 heterocycles. The van der Waals surface area contributed by atoms with Gasteiger partial charge in [-0.2, -0.15) is 4.98 Å². The maximum absolute atomic E-state index is 15.0. The number of aromatic nitrogens is 2. The number of nitrogens with one attached hydrogen (secondary N) is 1. The summed E-state index contributed by atoms with van der Waals surface area (Å²) in [5, 5.41) is 3.89. The van der Waals surface area contributed by atoms with Crippen molar-refractivity contribution in [3.63, 3.8) is 0 Å². The van der Waals surface area contributed by atoms with Crippen LogP contribution >= 0.6 is 23.2 Å². The standard InChI is InChI=1S/C34H36Cl2FN5O3/c1-21-12-22(2)32(23(3)13-21)45-34(43)42(19-25-14-26(35)16-27(36)15-25)31-9-10-38-33(40-31)39-28-7-8-30(29(37)17-28)44-20-24-6-5-11-41(4)18-24/h7-10,12-17,24H,5-6,11,18-20H2,1-4H3,(H,38,39,40). The number of nitrogens with zero attached hydrogens (tertiary/aromatic N) is 4. The number of piperidine rings is 1. The number of carbonyl (C=O) groups excluding carboxylic acids is 1. The van der Waals surface area contributed by atoms with Crippen molar-refractivity contribution in [1.82, 2.24) is 14.9 Å². The number of benzene rings is 3. The van der Waals surface area contributed by atoms with Crippen molar-refractivity contribution in [3.8, 4) is 11.5 Å². The van der Waals surface area contributed by atoms with Crippen molar-refractivity contribution in [2.75, 3.05) is 37.0 Å². The highest BCUT2D eigenvalue weighted by molar-refractivity contribution is 6.34. The van der Waals surface area contributed by atoms with E-state index in [1.54, 1.807) is 36.4 Å². The Morgan fingerprint density at radius 1 is 1.07 bits per heavy atom. The summed E-state index contributed by atoms with van der Waals surface area (Å²) in [7, 11) is 2.09. The second-order valence-electron chi connectivity index (χ2n) is 11.5. The molecular weight excluding hydrogens is 616 g/mol. The molecule has 3 aromatic carbocycles. The minimum absolute atomic E-state index is 0.0664. The molecule has 1 fully saturated rings. The van der Waals surface area contributed by atoms with Gasteiger partial charge in [0.25, 0.3) is 0 Å². The monoisotopic (exact) mass is 651 g/mol. The minimum Gasteiger partial charge on any atom is -0.490 e. The van der Waals surface area contributed by atoms with Gasteiger partial charge >= 0.3 is 6.09 Å². The largest absolute Gasteiger partial charge is 0.490 e. The van der Waals surface area contributed by atoms with E-state index in [4.69, 9.17) is 32.7 Å². The highest BCUT2D eigenvalue weighted by atomic mass is 35.5. The summed E-state index contributed by atoms with van der Waals surface area (Å²) in [6, 6.07) is 15.2. The van der Waals surface area contributed by atoms with Crippen molar-refractivity contribution < 1.29 is 18.7 Å². The van der Waals surface area contributed by atoms with Gasteiger partial charge in [-0.05, 0) is 100 Å². The van der Waals surface area contributed by atoms with Crippen molar-refractivity contribution in [1.29, 1.82) is 0 Å². The Hall–Kier alpha value is -3.92. The molecule has 1 atom stereocenters. The molecule has 1 saturated heterocycles. The van der Waals surface area contributed by atoms with Crippen LogP contribution in [-0.4, -0.2) is 47.7 Å². The van der Waals surface area contributed by atoms with Crippen LogP contribution in [0.4, 0.5) is 26.6 Å². The van der Waals surface area contributed by atoms with E-state index in [0.717, 1.165) is 42.6 Å². The molecule has 1 amide bonds. The first kappa shape index (κ1) is 32.5. The van der Waals surface area contributed by atoms with E-state index in [-0.39, 0.29) is 24.1 Å². The summed E-state index contributed by atoms with van der Waals surface area (Å²) in [4.78, 5) is 26.2. The second kappa shape index (κ2) is 14.5. The van der Waals surface area contributed by atoms with Crippen molar-refractivity contribution in [2.45, 2.75) is 40.2 Å². The number of hydrogen-bond donors (Lipinski definition) is 1. The van der Waals surface area contributed by atoms with Crippen LogP contribution in [0.2, 0.25) is 10.0 Å². The van der Waals surface area contributed by atoms with E-state index in [1.165, 1.54) is 17.2 Å². The maximum Gasteiger partial charge on any atom is 0.421 e. The summed E-state index contributed by atoms with van der Waals surface area (Å²) in [6.45, 7) is 8.31. The molecule has 236 valence electrons. The fourth-order valence-corrected chi connectivity index (χ4v) is 6.17. The fourth-order valence-electron chi connectivity index (χ4n) is 5.60. The van der Waals surface area contributed by atoms with Crippen molar-refractivity contribution >= 4 is 46.7 Å². The lowest BCUT2D eigenvalue weighted by Gasteiger charge is -2.29. The number of likely N-dealkylation sites (tertiary alicyclic amines) is 1. The number of anilines is 3. The molecule has 0 radical (unpaired) electrons. The van der Waals surface area contributed by atoms with E-state index >= 15 is 0 Å². The Balaban J connectivity index is 1.36. The van der Waals surface area contributed by atoms with Crippen LogP contribution in [0.5, 0.6) is 11.5 Å². The summed E-state index contributed by atoms with van der Waals surface area (Å²) >= 11 is 12.5. The molecule has 0 spiro atoms. The molecule has 1 aromatic heterocycles. The maximum atomic E-state index is 15.0. The molecular formula is C34H36Cl2FN5O3. The molecule has 11 heteroatoms. The Bertz CT molecular complexity index is 1640. The zero-order valence-corrected chi connectivity index (χ0v) is 27.3. The average molecular weight is 653 g/mol. The van der Waals surface area contributed by atoms with Gasteiger partial charge in [-0.1, -0.05) is 40.9 Å². The molecule has 1 aliphatic rings. The van der Waals surface area contributed by atoms with Gasteiger partial charge in [0.1, 0.15) is 11.6 Å². The Morgan fingerprint density at radius 3 is 2.49 bits per heavy atom. The first-order valence-electron chi connectivity index (χ1n) is 14.8. The zero-order chi connectivity index (χ0) is 32.1. The van der Waals surface area contributed by atoms with Crippen LogP contribution in [-0.2, 0) is 6.54 Å². The molecule has 1 unspecified atom stereocenters. The third-order valence-electron chi connectivity index (χ3n) is 7.58. The molecule has 45 heavy (non-hydrogen) atoms. The molecule has 0 saturated carbocycles. The Labute approximate surface area is 273 Å². The molecule has 4 aromatic rings. The van der Waals surface area contributed by atoms with Gasteiger partial charge in [0.2, 0.25) is 5.95 Å². The fraction of sp³-hybridized carbons (Fsp3) is 0.324. The van der Waals surface area contributed by atoms with Gasteiger partial charge in [-0.25, -0.2) is 14.2 Å². The predicted octanol–water partition coefficient (Wildman–Crippen LogP) is 8.52. The topological polar surface area (TPSA) is 79.8 Å². The van der Waals surface area contributed by atoms with Crippen LogP contribution < -0.4 is 19.7 Å². The number of carbonyl (C=O) groups is 1. The van der Waals surface area contributed by atoms with Gasteiger partial charge < -0.3 is 19.7 Å². The lowest BCUT2D eigenvalue weighted by atomic mass is 10.00. The van der Waals surface area contributed by atoms with Gasteiger partial charge in [0.05, 0.1) is 13.2 Å². The van der Waals surface area contributed by atoms with Crippen LogP contribution in [0.25, 0.3) is 0 Å². The van der Waals surface area contributed by atoms with Crippen LogP contribution in [0.15, 0.2) is 60.8 Å². The third-order valence-corrected chi connectivity index (χ3v) is 8.02. The summed E-state index contributed by atoms with van der Waals surface area (Å²) < 4.78 is 26.7. The third kappa shape index (κ3) is 8.63. The summed E-state index contributed by atoms with van der Waals surface area (Å²) in [5.41, 5.74) is 3.83. The van der Waals surface area contributed by atoms with Gasteiger partial charge in [0.15, 0.2) is 11.6 Å². The van der Waals surface area contributed by atoms with E-state index < -0.39 is 11.9 Å². The van der Waals surface area contributed by atoms with Crippen LogP contribution in [0.1, 0.15) is 35.1 Å². The summed E-state index contributed by atoms with van der Waals surface area (Å²) in [6.07, 6.45) is 3.04. The number of hydrogen-bond acceptors (Lipinski definition) is 7. The predicted molar refractivity (Wildman–Crippen MR) is 177 cm³/mol. The minimum atomic E-state index is -0.650. The molecule has 0 aliphatic carbocycles.